The van der Waals surface area contributed by atoms with Gasteiger partial charge in [-0.15, -0.1) is 0 Å². The van der Waals surface area contributed by atoms with Crippen LogP contribution in [0.2, 0.25) is 0 Å². The lowest BCUT2D eigenvalue weighted by molar-refractivity contribution is -0.132. The highest BCUT2D eigenvalue weighted by atomic mass is 16.3. The van der Waals surface area contributed by atoms with Crippen molar-refractivity contribution in [2.45, 2.75) is 346 Å². The fourth-order valence-corrected chi connectivity index (χ4v) is 9.54. The molecular formula is C62H119NO5. The molecule has 0 fully saturated rings. The molecule has 0 aromatic rings. The number of allylic oxidation sites excluding steroid dienone is 6. The number of nitrogens with one attached hydrogen (secondary N) is 1. The van der Waals surface area contributed by atoms with E-state index in [2.05, 4.69) is 55.6 Å². The molecule has 0 aliphatic carbocycles. The maximum atomic E-state index is 12.6. The predicted molar refractivity (Wildman–Crippen MR) is 297 cm³/mol. The van der Waals surface area contributed by atoms with Crippen molar-refractivity contribution >= 4 is 5.91 Å². The molecule has 0 saturated heterocycles. The van der Waals surface area contributed by atoms with Gasteiger partial charge in [0.15, 0.2) is 0 Å². The Morgan fingerprint density at radius 2 is 0.618 bits per heavy atom. The van der Waals surface area contributed by atoms with Crippen LogP contribution in [0.5, 0.6) is 0 Å². The van der Waals surface area contributed by atoms with Gasteiger partial charge >= 0.3 is 0 Å². The second-order valence-electron chi connectivity index (χ2n) is 21.0. The Bertz CT molecular complexity index is 1080. The molecule has 6 heteroatoms. The Balaban J connectivity index is 3.64. The number of hydrogen-bond donors (Lipinski definition) is 5. The van der Waals surface area contributed by atoms with Crippen LogP contribution in [0, 0.1) is 0 Å². The number of amides is 1. The molecule has 6 nitrogen and oxygen atoms in total. The fourth-order valence-electron chi connectivity index (χ4n) is 9.54. The van der Waals surface area contributed by atoms with E-state index in [9.17, 15) is 25.2 Å². The van der Waals surface area contributed by atoms with Crippen LogP contribution < -0.4 is 5.32 Å². The van der Waals surface area contributed by atoms with E-state index in [1.165, 1.54) is 238 Å². The lowest BCUT2D eigenvalue weighted by Crippen LogP contribution is -2.53. The van der Waals surface area contributed by atoms with Gasteiger partial charge in [-0.3, -0.25) is 4.79 Å². The van der Waals surface area contributed by atoms with Crippen molar-refractivity contribution in [3.05, 3.63) is 36.5 Å². The van der Waals surface area contributed by atoms with Gasteiger partial charge in [0, 0.05) is 0 Å². The standard InChI is InChI=1S/C62H119NO5/c1-3-5-7-9-11-13-15-17-19-21-23-25-26-27-28-29-30-31-32-33-34-35-36-38-39-41-43-45-47-49-51-53-55-59(65)61(67)58(57-64)63-62(68)60(66)56-54-52-50-48-46-44-42-40-37-24-22-20-18-16-14-12-10-8-6-4-2/h37,39-41,47,49,58-61,64-67H,3-36,38,42-46,48,50-57H2,1-2H3,(H,63,68)/b40-37-,41-39+,49-47+. The molecule has 402 valence electrons. The number of aliphatic hydroxyl groups is 4. The van der Waals surface area contributed by atoms with Gasteiger partial charge in [0.1, 0.15) is 12.2 Å². The van der Waals surface area contributed by atoms with E-state index in [-0.39, 0.29) is 0 Å². The average Bonchev–Trinajstić information content (AvgIpc) is 3.34. The van der Waals surface area contributed by atoms with Crippen molar-refractivity contribution in [3.8, 4) is 0 Å². The summed E-state index contributed by atoms with van der Waals surface area (Å²) in [6.45, 7) is 4.07. The minimum atomic E-state index is -1.29. The number of aliphatic hydroxyl groups excluding tert-OH is 4. The summed E-state index contributed by atoms with van der Waals surface area (Å²) in [5, 5.41) is 44.0. The molecular weight excluding hydrogens is 839 g/mol. The van der Waals surface area contributed by atoms with Gasteiger partial charge in [-0.2, -0.15) is 0 Å². The van der Waals surface area contributed by atoms with Crippen LogP contribution in [0.3, 0.4) is 0 Å². The maximum Gasteiger partial charge on any atom is 0.249 e. The SMILES string of the molecule is CCCCCCCCCCCC/C=C\CCCCCCCCC(O)C(=O)NC(CO)C(O)C(O)CCC/C=C/CC/C=C/CCCCCCCCCCCCCCCCCCCCCCCCC. The molecule has 5 N–H and O–H groups in total. The minimum absolute atomic E-state index is 0.353. The molecule has 0 saturated carbocycles. The van der Waals surface area contributed by atoms with Gasteiger partial charge in [0.05, 0.1) is 18.8 Å². The molecule has 0 rings (SSSR count). The van der Waals surface area contributed by atoms with E-state index in [0.717, 1.165) is 51.4 Å². The van der Waals surface area contributed by atoms with E-state index < -0.39 is 36.9 Å². The number of carbonyl (C=O) groups excluding carboxylic acids is 1. The van der Waals surface area contributed by atoms with Crippen molar-refractivity contribution in [1.82, 2.24) is 5.32 Å². The third kappa shape index (κ3) is 49.5. The normalized spacial score (nSPS) is 13.9. The summed E-state index contributed by atoms with van der Waals surface area (Å²) in [6, 6.07) is -1.01. The molecule has 4 atom stereocenters. The molecule has 68 heavy (non-hydrogen) atoms. The van der Waals surface area contributed by atoms with Crippen LogP contribution in [-0.2, 0) is 4.79 Å². The van der Waals surface area contributed by atoms with Gasteiger partial charge < -0.3 is 25.7 Å². The first kappa shape index (κ1) is 66.5. The molecule has 0 aliphatic heterocycles. The summed E-state index contributed by atoms with van der Waals surface area (Å²) in [4.78, 5) is 12.6. The lowest BCUT2D eigenvalue weighted by atomic mass is 10.00. The van der Waals surface area contributed by atoms with E-state index >= 15 is 0 Å². The predicted octanol–water partition coefficient (Wildman–Crippen LogP) is 18.0. The fraction of sp³-hybridized carbons (Fsp3) is 0.887. The third-order valence-corrected chi connectivity index (χ3v) is 14.3. The molecule has 0 spiro atoms. The Labute approximate surface area is 424 Å². The number of carbonyl (C=O) groups is 1. The summed E-state index contributed by atoms with van der Waals surface area (Å²) in [7, 11) is 0. The Hall–Kier alpha value is -1.47. The van der Waals surface area contributed by atoms with Crippen molar-refractivity contribution in [2.75, 3.05) is 6.61 Å². The van der Waals surface area contributed by atoms with Crippen LogP contribution >= 0.6 is 0 Å². The van der Waals surface area contributed by atoms with E-state index in [1.54, 1.807) is 0 Å². The summed E-state index contributed by atoms with van der Waals surface area (Å²) < 4.78 is 0. The summed E-state index contributed by atoms with van der Waals surface area (Å²) in [6.07, 6.45) is 71.0. The zero-order valence-corrected chi connectivity index (χ0v) is 45.6. The molecule has 0 heterocycles. The zero-order valence-electron chi connectivity index (χ0n) is 45.6. The number of unbranched alkanes of at least 4 members (excludes halogenated alkanes) is 41. The molecule has 0 radical (unpaired) electrons. The maximum absolute atomic E-state index is 12.6. The van der Waals surface area contributed by atoms with Crippen LogP contribution in [0.1, 0.15) is 322 Å². The Morgan fingerprint density at radius 1 is 0.353 bits per heavy atom. The first-order chi connectivity index (χ1) is 33.5. The minimum Gasteiger partial charge on any atom is -0.394 e. The van der Waals surface area contributed by atoms with Gasteiger partial charge in [0.2, 0.25) is 5.91 Å². The molecule has 0 aromatic carbocycles. The number of hydrogen-bond acceptors (Lipinski definition) is 5. The Morgan fingerprint density at radius 3 is 0.926 bits per heavy atom. The monoisotopic (exact) mass is 958 g/mol. The summed E-state index contributed by atoms with van der Waals surface area (Å²) in [5.41, 5.74) is 0. The summed E-state index contributed by atoms with van der Waals surface area (Å²) >= 11 is 0. The van der Waals surface area contributed by atoms with Crippen molar-refractivity contribution in [2.24, 2.45) is 0 Å². The smallest absolute Gasteiger partial charge is 0.249 e. The van der Waals surface area contributed by atoms with Crippen molar-refractivity contribution in [3.63, 3.8) is 0 Å². The van der Waals surface area contributed by atoms with Crippen LogP contribution in [-0.4, -0.2) is 57.3 Å². The van der Waals surface area contributed by atoms with Crippen molar-refractivity contribution < 1.29 is 25.2 Å². The first-order valence-electron chi connectivity index (χ1n) is 30.4. The highest BCUT2D eigenvalue weighted by Crippen LogP contribution is 2.18. The van der Waals surface area contributed by atoms with E-state index in [4.69, 9.17) is 0 Å². The Kier molecular flexibility index (Phi) is 55.2. The topological polar surface area (TPSA) is 110 Å². The second kappa shape index (κ2) is 56.4. The van der Waals surface area contributed by atoms with E-state index in [1.807, 2.05) is 0 Å². The van der Waals surface area contributed by atoms with Gasteiger partial charge in [-0.05, 0) is 77.0 Å². The second-order valence-corrected chi connectivity index (χ2v) is 21.0. The largest absolute Gasteiger partial charge is 0.394 e. The molecule has 1 amide bonds. The van der Waals surface area contributed by atoms with Crippen LogP contribution in [0.4, 0.5) is 0 Å². The van der Waals surface area contributed by atoms with Gasteiger partial charge in [-0.1, -0.05) is 281 Å². The van der Waals surface area contributed by atoms with Crippen molar-refractivity contribution in [1.29, 1.82) is 0 Å². The summed E-state index contributed by atoms with van der Waals surface area (Å²) in [5.74, 6) is -0.599. The van der Waals surface area contributed by atoms with E-state index in [0.29, 0.717) is 19.3 Å². The highest BCUT2D eigenvalue weighted by molar-refractivity contribution is 5.80. The molecule has 4 unspecified atom stereocenters. The zero-order chi connectivity index (χ0) is 49.5. The first-order valence-corrected chi connectivity index (χ1v) is 30.4. The van der Waals surface area contributed by atoms with Crippen LogP contribution in [0.25, 0.3) is 0 Å². The third-order valence-electron chi connectivity index (χ3n) is 14.3. The lowest BCUT2D eigenvalue weighted by Gasteiger charge is -2.27. The quantitative estimate of drug-likeness (QED) is 0.0308. The molecule has 0 bridgehead atoms. The van der Waals surface area contributed by atoms with Crippen LogP contribution in [0.15, 0.2) is 36.5 Å². The average molecular weight is 959 g/mol. The van der Waals surface area contributed by atoms with Gasteiger partial charge in [-0.25, -0.2) is 0 Å². The highest BCUT2D eigenvalue weighted by Gasteiger charge is 2.28. The number of rotatable bonds is 56. The van der Waals surface area contributed by atoms with Gasteiger partial charge in [0.25, 0.3) is 0 Å². The molecule has 0 aromatic heterocycles. The molecule has 0 aliphatic rings.